The quantitative estimate of drug-likeness (QED) is 0.793. The first-order valence-electron chi connectivity index (χ1n) is 6.84. The lowest BCUT2D eigenvalue weighted by Gasteiger charge is -2.45. The van der Waals surface area contributed by atoms with Gasteiger partial charge in [0.2, 0.25) is 0 Å². The molecule has 0 saturated carbocycles. The van der Waals surface area contributed by atoms with Crippen molar-refractivity contribution in [1.29, 1.82) is 0 Å². The molecule has 112 valence electrons. The van der Waals surface area contributed by atoms with Crippen LogP contribution in [0.1, 0.15) is 53.9 Å². The first kappa shape index (κ1) is 16.4. The highest BCUT2D eigenvalue weighted by molar-refractivity contribution is 5.71. The molecule has 1 aliphatic heterocycles. The third-order valence-corrected chi connectivity index (χ3v) is 2.96. The van der Waals surface area contributed by atoms with Crippen molar-refractivity contribution in [3.8, 4) is 0 Å². The van der Waals surface area contributed by atoms with Gasteiger partial charge in [0.25, 0.3) is 0 Å². The maximum absolute atomic E-state index is 12.0. The smallest absolute Gasteiger partial charge is 0.309 e. The van der Waals surface area contributed by atoms with Crippen molar-refractivity contribution >= 4 is 5.97 Å². The van der Waals surface area contributed by atoms with E-state index in [1.807, 2.05) is 34.6 Å². The molecule has 0 aromatic heterocycles. The molecule has 5 heteroatoms. The van der Waals surface area contributed by atoms with Crippen molar-refractivity contribution in [1.82, 2.24) is 0 Å². The van der Waals surface area contributed by atoms with E-state index in [-0.39, 0.29) is 12.4 Å². The summed E-state index contributed by atoms with van der Waals surface area (Å²) in [6.07, 6.45) is 1.50. The standard InChI is InChI=1S/C14H27NO4/c1-12(2,3)18-11(16)10-14(6-8-15)7-9-17-13(4,5)19-14/h6-10,15H2,1-5H3. The van der Waals surface area contributed by atoms with Gasteiger partial charge in [-0.05, 0) is 47.6 Å². The van der Waals surface area contributed by atoms with Crippen LogP contribution >= 0.6 is 0 Å². The maximum Gasteiger partial charge on any atom is 0.309 e. The van der Waals surface area contributed by atoms with Crippen LogP contribution in [0, 0.1) is 0 Å². The predicted molar refractivity (Wildman–Crippen MR) is 72.6 cm³/mol. The van der Waals surface area contributed by atoms with E-state index < -0.39 is 17.0 Å². The number of hydrogen-bond donors (Lipinski definition) is 1. The Hall–Kier alpha value is -0.650. The van der Waals surface area contributed by atoms with E-state index in [9.17, 15) is 4.79 Å². The Bertz CT molecular complexity index is 318. The summed E-state index contributed by atoms with van der Waals surface area (Å²) in [6.45, 7) is 10.3. The SMILES string of the molecule is CC(C)(C)OC(=O)CC1(CCN)CCOC(C)(C)O1. The Morgan fingerprint density at radius 1 is 1.37 bits per heavy atom. The van der Waals surface area contributed by atoms with Crippen LogP contribution in [-0.4, -0.2) is 36.1 Å². The summed E-state index contributed by atoms with van der Waals surface area (Å²) in [6, 6.07) is 0. The van der Waals surface area contributed by atoms with Gasteiger partial charge in [-0.25, -0.2) is 0 Å². The molecule has 5 nitrogen and oxygen atoms in total. The molecule has 0 radical (unpaired) electrons. The van der Waals surface area contributed by atoms with E-state index >= 15 is 0 Å². The summed E-state index contributed by atoms with van der Waals surface area (Å²) in [7, 11) is 0. The van der Waals surface area contributed by atoms with Gasteiger partial charge in [-0.1, -0.05) is 0 Å². The van der Waals surface area contributed by atoms with Crippen LogP contribution < -0.4 is 5.73 Å². The lowest BCUT2D eigenvalue weighted by atomic mass is 9.90. The van der Waals surface area contributed by atoms with Gasteiger partial charge in [-0.2, -0.15) is 0 Å². The molecule has 1 unspecified atom stereocenters. The van der Waals surface area contributed by atoms with E-state index in [1.165, 1.54) is 0 Å². The molecule has 0 bridgehead atoms. The van der Waals surface area contributed by atoms with Gasteiger partial charge in [0.1, 0.15) is 5.60 Å². The van der Waals surface area contributed by atoms with E-state index in [1.54, 1.807) is 0 Å². The molecule has 1 atom stereocenters. The van der Waals surface area contributed by atoms with Gasteiger partial charge in [0.15, 0.2) is 5.79 Å². The number of rotatable bonds is 4. The zero-order valence-electron chi connectivity index (χ0n) is 12.7. The minimum atomic E-state index is -0.685. The monoisotopic (exact) mass is 273 g/mol. The van der Waals surface area contributed by atoms with Crippen LogP contribution in [0.4, 0.5) is 0 Å². The summed E-state index contributed by atoms with van der Waals surface area (Å²) >= 11 is 0. The molecule has 1 heterocycles. The molecule has 0 spiro atoms. The first-order chi connectivity index (χ1) is 8.58. The third kappa shape index (κ3) is 5.47. The predicted octanol–water partition coefficient (Wildman–Crippen LogP) is 1.98. The van der Waals surface area contributed by atoms with Crippen molar-refractivity contribution in [3.63, 3.8) is 0 Å². The molecule has 19 heavy (non-hydrogen) atoms. The molecule has 0 amide bonds. The number of esters is 1. The first-order valence-corrected chi connectivity index (χ1v) is 6.84. The van der Waals surface area contributed by atoms with Crippen molar-refractivity contribution in [2.45, 2.75) is 70.9 Å². The second kappa shape index (κ2) is 5.77. The van der Waals surface area contributed by atoms with E-state index in [0.29, 0.717) is 26.0 Å². The fourth-order valence-electron chi connectivity index (χ4n) is 2.38. The molecule has 1 aliphatic rings. The van der Waals surface area contributed by atoms with Crippen LogP contribution in [0.5, 0.6) is 0 Å². The molecule has 1 saturated heterocycles. The second-order valence-electron chi connectivity index (χ2n) is 6.59. The molecule has 0 aromatic carbocycles. The number of nitrogens with two attached hydrogens (primary N) is 1. The van der Waals surface area contributed by atoms with Crippen LogP contribution in [-0.2, 0) is 19.0 Å². The number of hydrogen-bond acceptors (Lipinski definition) is 5. The molecule has 2 N–H and O–H groups in total. The van der Waals surface area contributed by atoms with Crippen LogP contribution in [0.3, 0.4) is 0 Å². The number of carbonyl (C=O) groups excluding carboxylic acids is 1. The highest BCUT2D eigenvalue weighted by Crippen LogP contribution is 2.36. The Morgan fingerprint density at radius 2 is 2.00 bits per heavy atom. The minimum absolute atomic E-state index is 0.217. The fraction of sp³-hybridized carbons (Fsp3) is 0.929. The summed E-state index contributed by atoms with van der Waals surface area (Å²) in [5, 5.41) is 0. The highest BCUT2D eigenvalue weighted by Gasteiger charge is 2.43. The van der Waals surface area contributed by atoms with Gasteiger partial charge < -0.3 is 19.9 Å². The average molecular weight is 273 g/mol. The molecule has 0 aromatic rings. The van der Waals surface area contributed by atoms with Gasteiger partial charge in [0, 0.05) is 6.42 Å². The van der Waals surface area contributed by atoms with Crippen LogP contribution in [0.25, 0.3) is 0 Å². The molecular weight excluding hydrogens is 246 g/mol. The van der Waals surface area contributed by atoms with Crippen molar-refractivity contribution in [2.75, 3.05) is 13.2 Å². The van der Waals surface area contributed by atoms with Gasteiger partial charge in [-0.3, -0.25) is 4.79 Å². The summed E-state index contributed by atoms with van der Waals surface area (Å²) < 4.78 is 16.9. The number of carbonyl (C=O) groups is 1. The Kier molecular flexibility index (Phi) is 4.98. The zero-order valence-corrected chi connectivity index (χ0v) is 12.7. The highest BCUT2D eigenvalue weighted by atomic mass is 16.7. The lowest BCUT2D eigenvalue weighted by Crippen LogP contribution is -2.51. The lowest BCUT2D eigenvalue weighted by molar-refractivity contribution is -0.312. The van der Waals surface area contributed by atoms with Crippen molar-refractivity contribution in [2.24, 2.45) is 5.73 Å². The molecule has 1 rings (SSSR count). The van der Waals surface area contributed by atoms with Gasteiger partial charge >= 0.3 is 5.97 Å². The third-order valence-electron chi connectivity index (χ3n) is 2.96. The summed E-state index contributed by atoms with van der Waals surface area (Å²) in [5.74, 6) is -0.936. The fourth-order valence-corrected chi connectivity index (χ4v) is 2.38. The molecular formula is C14H27NO4. The van der Waals surface area contributed by atoms with Crippen molar-refractivity contribution < 1.29 is 19.0 Å². The van der Waals surface area contributed by atoms with Crippen molar-refractivity contribution in [3.05, 3.63) is 0 Å². The molecule has 1 fully saturated rings. The van der Waals surface area contributed by atoms with Gasteiger partial charge in [-0.15, -0.1) is 0 Å². The van der Waals surface area contributed by atoms with Crippen LogP contribution in [0.15, 0.2) is 0 Å². The summed E-state index contributed by atoms with van der Waals surface area (Å²) in [5.41, 5.74) is 4.61. The van der Waals surface area contributed by atoms with Crippen LogP contribution in [0.2, 0.25) is 0 Å². The van der Waals surface area contributed by atoms with Gasteiger partial charge in [0.05, 0.1) is 18.6 Å². The Labute approximate surface area is 115 Å². The summed E-state index contributed by atoms with van der Waals surface area (Å²) in [4.78, 5) is 12.0. The average Bonchev–Trinajstić information content (AvgIpc) is 2.11. The topological polar surface area (TPSA) is 70.8 Å². The van der Waals surface area contributed by atoms with E-state index in [0.717, 1.165) is 0 Å². The van der Waals surface area contributed by atoms with E-state index in [4.69, 9.17) is 19.9 Å². The Balaban J connectivity index is 2.74. The second-order valence-corrected chi connectivity index (χ2v) is 6.59. The Morgan fingerprint density at radius 3 is 2.47 bits per heavy atom. The minimum Gasteiger partial charge on any atom is -0.460 e. The largest absolute Gasteiger partial charge is 0.460 e. The molecule has 0 aliphatic carbocycles. The zero-order chi connectivity index (χ0) is 14.7. The normalized spacial score (nSPS) is 27.1. The van der Waals surface area contributed by atoms with E-state index in [2.05, 4.69) is 0 Å². The number of ether oxygens (including phenoxy) is 3. The maximum atomic E-state index is 12.0.